The maximum absolute atomic E-state index is 12.1. The van der Waals surface area contributed by atoms with E-state index in [1.54, 1.807) is 31.3 Å². The first-order valence-electron chi connectivity index (χ1n) is 5.99. The predicted molar refractivity (Wildman–Crippen MR) is 66.8 cm³/mol. The van der Waals surface area contributed by atoms with Gasteiger partial charge in [-0.15, -0.1) is 0 Å². The average molecular weight is 250 g/mol. The van der Waals surface area contributed by atoms with Crippen molar-refractivity contribution in [2.24, 2.45) is 0 Å². The quantitative estimate of drug-likeness (QED) is 0.677. The van der Waals surface area contributed by atoms with Crippen molar-refractivity contribution in [1.29, 1.82) is 0 Å². The second-order valence-electron chi connectivity index (χ2n) is 4.56. The van der Waals surface area contributed by atoms with E-state index in [9.17, 15) is 15.0 Å². The molecule has 1 amide bonds. The lowest BCUT2D eigenvalue weighted by molar-refractivity contribution is -0.142. The van der Waals surface area contributed by atoms with Crippen molar-refractivity contribution in [2.45, 2.75) is 18.2 Å². The van der Waals surface area contributed by atoms with Crippen LogP contribution in [-0.2, 0) is 4.79 Å². The summed E-state index contributed by atoms with van der Waals surface area (Å²) in [7, 11) is 1.61. The molecule has 0 radical (unpaired) electrons. The lowest BCUT2D eigenvalue weighted by atomic mass is 10.1. The number of benzene rings is 1. The summed E-state index contributed by atoms with van der Waals surface area (Å²) in [4.78, 5) is 13.5. The Labute approximate surface area is 106 Å². The second kappa shape index (κ2) is 5.48. The van der Waals surface area contributed by atoms with Crippen LogP contribution in [0, 0.1) is 0 Å². The first kappa shape index (κ1) is 13.0. The van der Waals surface area contributed by atoms with Crippen LogP contribution in [0.2, 0.25) is 0 Å². The number of hydrogen-bond donors (Lipinski definition) is 3. The molecule has 0 spiro atoms. The first-order chi connectivity index (χ1) is 8.61. The Kier molecular flexibility index (Phi) is 3.96. The van der Waals surface area contributed by atoms with E-state index in [1.807, 2.05) is 6.07 Å². The molecule has 1 aromatic rings. The van der Waals surface area contributed by atoms with E-state index in [-0.39, 0.29) is 6.04 Å². The van der Waals surface area contributed by atoms with Crippen molar-refractivity contribution in [1.82, 2.24) is 10.2 Å². The number of amides is 1. The third-order valence-electron chi connectivity index (χ3n) is 3.35. The highest BCUT2D eigenvalue weighted by molar-refractivity contribution is 5.82. The highest BCUT2D eigenvalue weighted by Crippen LogP contribution is 2.17. The maximum Gasteiger partial charge on any atom is 0.256 e. The molecule has 3 atom stereocenters. The summed E-state index contributed by atoms with van der Waals surface area (Å²) in [5, 5.41) is 22.7. The fourth-order valence-corrected chi connectivity index (χ4v) is 2.18. The minimum atomic E-state index is -1.18. The van der Waals surface area contributed by atoms with Gasteiger partial charge in [0, 0.05) is 20.1 Å². The van der Waals surface area contributed by atoms with Crippen LogP contribution in [-0.4, -0.2) is 53.3 Å². The van der Waals surface area contributed by atoms with Crippen LogP contribution in [0.15, 0.2) is 30.3 Å². The monoisotopic (exact) mass is 250 g/mol. The van der Waals surface area contributed by atoms with E-state index in [1.165, 1.54) is 4.90 Å². The van der Waals surface area contributed by atoms with E-state index in [0.29, 0.717) is 18.7 Å². The maximum atomic E-state index is 12.1. The largest absolute Gasteiger partial charge is 0.390 e. The van der Waals surface area contributed by atoms with E-state index in [0.717, 1.165) is 0 Å². The second-order valence-corrected chi connectivity index (χ2v) is 4.56. The van der Waals surface area contributed by atoms with E-state index in [4.69, 9.17) is 0 Å². The summed E-state index contributed by atoms with van der Waals surface area (Å²) in [6, 6.07) is 8.51. The average Bonchev–Trinajstić information content (AvgIpc) is 2.83. The molecule has 0 bridgehead atoms. The molecule has 2 rings (SSSR count). The molecule has 98 valence electrons. The van der Waals surface area contributed by atoms with Crippen LogP contribution >= 0.6 is 0 Å². The zero-order valence-corrected chi connectivity index (χ0v) is 10.3. The van der Waals surface area contributed by atoms with Crippen LogP contribution < -0.4 is 5.32 Å². The molecular formula is C13H18N2O3. The number of aliphatic hydroxyl groups excluding tert-OH is 2. The molecule has 1 heterocycles. The first-order valence-corrected chi connectivity index (χ1v) is 5.99. The number of nitrogens with zero attached hydrogens (tertiary/aromatic N) is 1. The Morgan fingerprint density at radius 3 is 2.61 bits per heavy atom. The number of hydrogen-bond acceptors (Lipinski definition) is 4. The van der Waals surface area contributed by atoms with Crippen molar-refractivity contribution >= 4 is 5.91 Å². The molecule has 1 aliphatic heterocycles. The van der Waals surface area contributed by atoms with Gasteiger partial charge >= 0.3 is 0 Å². The highest BCUT2D eigenvalue weighted by Gasteiger charge is 2.33. The normalized spacial score (nSPS) is 24.8. The number of rotatable bonds is 3. The Hall–Kier alpha value is -1.43. The molecule has 5 heteroatoms. The zero-order chi connectivity index (χ0) is 13.1. The highest BCUT2D eigenvalue weighted by atomic mass is 16.3. The summed E-state index contributed by atoms with van der Waals surface area (Å²) >= 11 is 0. The fraction of sp³-hybridized carbons (Fsp3) is 0.462. The van der Waals surface area contributed by atoms with Crippen molar-refractivity contribution < 1.29 is 15.0 Å². The van der Waals surface area contributed by atoms with Gasteiger partial charge in [0.05, 0.1) is 12.1 Å². The van der Waals surface area contributed by atoms with Gasteiger partial charge in [0.1, 0.15) is 0 Å². The Morgan fingerprint density at radius 2 is 2.06 bits per heavy atom. The molecule has 1 aromatic carbocycles. The van der Waals surface area contributed by atoms with Gasteiger partial charge in [-0.25, -0.2) is 0 Å². The number of β-amino-alcohol motifs (C(OH)–C–C–N with tert-alkyl or cyclic N) is 1. The molecule has 3 N–H and O–H groups in total. The summed E-state index contributed by atoms with van der Waals surface area (Å²) in [6.45, 7) is 1.02. The minimum Gasteiger partial charge on any atom is -0.390 e. The smallest absolute Gasteiger partial charge is 0.256 e. The van der Waals surface area contributed by atoms with Crippen LogP contribution in [0.25, 0.3) is 0 Å². The lowest BCUT2D eigenvalue weighted by Gasteiger charge is -2.28. The van der Waals surface area contributed by atoms with Crippen LogP contribution in [0.5, 0.6) is 0 Å². The molecule has 1 saturated heterocycles. The van der Waals surface area contributed by atoms with Crippen LogP contribution in [0.3, 0.4) is 0 Å². The molecule has 0 aliphatic carbocycles. The Balaban J connectivity index is 2.07. The van der Waals surface area contributed by atoms with Crippen molar-refractivity contribution in [3.05, 3.63) is 35.9 Å². The van der Waals surface area contributed by atoms with Crippen LogP contribution in [0.4, 0.5) is 0 Å². The number of nitrogens with one attached hydrogen (secondary N) is 1. The number of carbonyl (C=O) groups excluding carboxylic acids is 1. The molecule has 1 aliphatic rings. The van der Waals surface area contributed by atoms with Crippen LogP contribution in [0.1, 0.15) is 11.7 Å². The SMILES string of the molecule is CN(C(=O)C(O)c1ccccc1)[C@H]1CNC[C@@H]1O. The van der Waals surface area contributed by atoms with Crippen molar-refractivity contribution in [3.63, 3.8) is 0 Å². The molecule has 0 saturated carbocycles. The number of aliphatic hydroxyl groups is 2. The lowest BCUT2D eigenvalue weighted by Crippen LogP contribution is -2.46. The molecular weight excluding hydrogens is 232 g/mol. The van der Waals surface area contributed by atoms with Gasteiger partial charge in [0.15, 0.2) is 6.10 Å². The Morgan fingerprint density at radius 1 is 1.39 bits per heavy atom. The molecule has 5 nitrogen and oxygen atoms in total. The molecule has 1 unspecified atom stereocenters. The summed E-state index contributed by atoms with van der Waals surface area (Å²) in [6.07, 6.45) is -1.76. The summed E-state index contributed by atoms with van der Waals surface area (Å²) < 4.78 is 0. The van der Waals surface area contributed by atoms with Crippen molar-refractivity contribution in [3.8, 4) is 0 Å². The van der Waals surface area contributed by atoms with Gasteiger partial charge in [0.25, 0.3) is 5.91 Å². The third kappa shape index (κ3) is 2.53. The van der Waals surface area contributed by atoms with Gasteiger partial charge < -0.3 is 20.4 Å². The van der Waals surface area contributed by atoms with Gasteiger partial charge in [-0.05, 0) is 5.56 Å². The Bertz CT molecular complexity index is 410. The van der Waals surface area contributed by atoms with E-state index < -0.39 is 18.1 Å². The van der Waals surface area contributed by atoms with Gasteiger partial charge in [-0.2, -0.15) is 0 Å². The minimum absolute atomic E-state index is 0.282. The van der Waals surface area contributed by atoms with Gasteiger partial charge in [-0.1, -0.05) is 30.3 Å². The third-order valence-corrected chi connectivity index (χ3v) is 3.35. The topological polar surface area (TPSA) is 72.8 Å². The van der Waals surface area contributed by atoms with E-state index >= 15 is 0 Å². The predicted octanol–water partition coefficient (Wildman–Crippen LogP) is -0.489. The standard InChI is InChI=1S/C13H18N2O3/c1-15(10-7-14-8-11(10)16)13(18)12(17)9-5-3-2-4-6-9/h2-6,10-12,14,16-17H,7-8H2,1H3/t10-,11-,12?/m0/s1. The summed E-state index contributed by atoms with van der Waals surface area (Å²) in [5.41, 5.74) is 0.565. The molecule has 18 heavy (non-hydrogen) atoms. The molecule has 1 fully saturated rings. The van der Waals surface area contributed by atoms with E-state index in [2.05, 4.69) is 5.32 Å². The van der Waals surface area contributed by atoms with Gasteiger partial charge in [-0.3, -0.25) is 4.79 Å². The number of carbonyl (C=O) groups is 1. The fourth-order valence-electron chi connectivity index (χ4n) is 2.18. The van der Waals surface area contributed by atoms with Crippen molar-refractivity contribution in [2.75, 3.05) is 20.1 Å². The van der Waals surface area contributed by atoms with Gasteiger partial charge in [0.2, 0.25) is 0 Å². The zero-order valence-electron chi connectivity index (χ0n) is 10.3. The molecule has 0 aromatic heterocycles. The summed E-state index contributed by atoms with van der Waals surface area (Å²) in [5.74, 6) is -0.394. The number of likely N-dealkylation sites (N-methyl/N-ethyl adjacent to an activating group) is 1.